The molecular formula is C17H27NO4. The fourth-order valence-corrected chi connectivity index (χ4v) is 1.85. The predicted molar refractivity (Wildman–Crippen MR) is 85.9 cm³/mol. The lowest BCUT2D eigenvalue weighted by Crippen LogP contribution is -2.38. The lowest BCUT2D eigenvalue weighted by atomic mass is 10.1. The van der Waals surface area contributed by atoms with E-state index in [0.717, 1.165) is 0 Å². The van der Waals surface area contributed by atoms with Crippen molar-refractivity contribution in [2.75, 3.05) is 6.54 Å². The molecule has 3 N–H and O–H groups in total. The minimum atomic E-state index is -0.745. The van der Waals surface area contributed by atoms with Crippen molar-refractivity contribution in [1.29, 1.82) is 0 Å². The fraction of sp³-hybridized carbons (Fsp3) is 0.588. The van der Waals surface area contributed by atoms with Gasteiger partial charge >= 0.3 is 5.97 Å². The molecule has 0 fully saturated rings. The Kier molecular flexibility index (Phi) is 6.38. The molecule has 0 aliphatic carbocycles. The first-order valence-corrected chi connectivity index (χ1v) is 7.55. The van der Waals surface area contributed by atoms with Crippen LogP contribution in [-0.4, -0.2) is 28.3 Å². The molecule has 0 saturated carbocycles. The lowest BCUT2D eigenvalue weighted by Gasteiger charge is -2.23. The van der Waals surface area contributed by atoms with Crippen LogP contribution in [0.3, 0.4) is 0 Å². The summed E-state index contributed by atoms with van der Waals surface area (Å²) in [5.41, 5.74) is 0.466. The Morgan fingerprint density at radius 2 is 1.95 bits per heavy atom. The second kappa shape index (κ2) is 7.61. The van der Waals surface area contributed by atoms with Crippen LogP contribution in [0.15, 0.2) is 18.2 Å². The van der Waals surface area contributed by atoms with Crippen LogP contribution in [-0.2, 0) is 4.79 Å². The minimum Gasteiger partial charge on any atom is -0.504 e. The lowest BCUT2D eigenvalue weighted by molar-refractivity contribution is -0.135. The van der Waals surface area contributed by atoms with Gasteiger partial charge in [-0.15, -0.1) is 0 Å². The van der Waals surface area contributed by atoms with Crippen molar-refractivity contribution >= 4 is 5.97 Å². The van der Waals surface area contributed by atoms with Gasteiger partial charge in [0.25, 0.3) is 0 Å². The molecule has 5 nitrogen and oxygen atoms in total. The summed E-state index contributed by atoms with van der Waals surface area (Å²) < 4.78 is 5.12. The summed E-state index contributed by atoms with van der Waals surface area (Å²) in [4.78, 5) is 11.6. The van der Waals surface area contributed by atoms with E-state index in [0.29, 0.717) is 18.5 Å². The molecule has 124 valence electrons. The Morgan fingerprint density at radius 3 is 2.45 bits per heavy atom. The zero-order valence-corrected chi connectivity index (χ0v) is 14.0. The maximum absolute atomic E-state index is 11.6. The van der Waals surface area contributed by atoms with Crippen molar-refractivity contribution in [2.45, 2.75) is 52.7 Å². The number of phenols is 1. The molecule has 1 aromatic rings. The number of aromatic hydroxyl groups is 1. The van der Waals surface area contributed by atoms with Gasteiger partial charge in [-0.2, -0.15) is 0 Å². The maximum atomic E-state index is 11.6. The van der Waals surface area contributed by atoms with Gasteiger partial charge in [-0.3, -0.25) is 4.79 Å². The molecular weight excluding hydrogens is 282 g/mol. The van der Waals surface area contributed by atoms with E-state index < -0.39 is 6.10 Å². The normalized spacial score (nSPS) is 13.2. The highest BCUT2D eigenvalue weighted by Crippen LogP contribution is 2.29. The summed E-state index contributed by atoms with van der Waals surface area (Å²) in [6.45, 7) is 10.2. The van der Waals surface area contributed by atoms with Gasteiger partial charge in [0.15, 0.2) is 11.5 Å². The molecule has 1 unspecified atom stereocenters. The van der Waals surface area contributed by atoms with Gasteiger partial charge in [0.2, 0.25) is 0 Å². The van der Waals surface area contributed by atoms with Gasteiger partial charge in [0.05, 0.1) is 6.10 Å². The number of esters is 1. The molecule has 0 spiro atoms. The number of phenolic OH excluding ortho intramolecular Hbond substituents is 1. The van der Waals surface area contributed by atoms with E-state index in [9.17, 15) is 15.0 Å². The van der Waals surface area contributed by atoms with Crippen molar-refractivity contribution in [3.8, 4) is 11.5 Å². The maximum Gasteiger partial charge on any atom is 0.311 e. The highest BCUT2D eigenvalue weighted by Gasteiger charge is 2.16. The summed E-state index contributed by atoms with van der Waals surface area (Å²) in [5.74, 6) is -0.220. The molecule has 1 atom stereocenters. The number of rotatable bonds is 6. The first-order chi connectivity index (χ1) is 10.1. The van der Waals surface area contributed by atoms with E-state index in [-0.39, 0.29) is 28.9 Å². The molecule has 0 saturated heterocycles. The number of benzene rings is 1. The fourth-order valence-electron chi connectivity index (χ4n) is 1.85. The second-order valence-corrected chi connectivity index (χ2v) is 6.95. The number of aliphatic hydroxyl groups excluding tert-OH is 1. The standard InChI is InChI=1S/C17H27NO4/c1-11(2)8-16(21)22-15-7-6-12(9-13(15)19)14(20)10-18-17(3,4)5/h6-7,9,11,14,18-20H,8,10H2,1-5H3. The van der Waals surface area contributed by atoms with E-state index in [1.54, 1.807) is 6.07 Å². The number of nitrogens with one attached hydrogen (secondary N) is 1. The average Bonchev–Trinajstić information content (AvgIpc) is 2.36. The number of hydrogen-bond acceptors (Lipinski definition) is 5. The quantitative estimate of drug-likeness (QED) is 0.556. The Morgan fingerprint density at radius 1 is 1.32 bits per heavy atom. The highest BCUT2D eigenvalue weighted by atomic mass is 16.5. The van der Waals surface area contributed by atoms with Crippen LogP contribution in [0.1, 0.15) is 52.7 Å². The van der Waals surface area contributed by atoms with Crippen LogP contribution >= 0.6 is 0 Å². The SMILES string of the molecule is CC(C)CC(=O)Oc1ccc(C(O)CNC(C)(C)C)cc1O. The van der Waals surface area contributed by atoms with Crippen LogP contribution in [0.4, 0.5) is 0 Å². The molecule has 0 radical (unpaired) electrons. The van der Waals surface area contributed by atoms with Gasteiger partial charge in [-0.1, -0.05) is 19.9 Å². The summed E-state index contributed by atoms with van der Waals surface area (Å²) in [5, 5.41) is 23.3. The zero-order valence-electron chi connectivity index (χ0n) is 14.0. The third-order valence-corrected chi connectivity index (χ3v) is 2.99. The smallest absolute Gasteiger partial charge is 0.311 e. The van der Waals surface area contributed by atoms with E-state index in [1.807, 2.05) is 34.6 Å². The van der Waals surface area contributed by atoms with Gasteiger partial charge in [0.1, 0.15) is 0 Å². The predicted octanol–water partition coefficient (Wildman–Crippen LogP) is 2.77. The Bertz CT molecular complexity index is 506. The van der Waals surface area contributed by atoms with E-state index in [1.165, 1.54) is 12.1 Å². The second-order valence-electron chi connectivity index (χ2n) is 6.95. The molecule has 0 bridgehead atoms. The molecule has 1 aromatic carbocycles. The minimum absolute atomic E-state index is 0.102. The summed E-state index contributed by atoms with van der Waals surface area (Å²) >= 11 is 0. The van der Waals surface area contributed by atoms with E-state index >= 15 is 0 Å². The Hall–Kier alpha value is -1.59. The topological polar surface area (TPSA) is 78.8 Å². The van der Waals surface area contributed by atoms with Crippen molar-refractivity contribution in [3.63, 3.8) is 0 Å². The summed E-state index contributed by atoms with van der Waals surface area (Å²) in [6, 6.07) is 4.57. The Balaban J connectivity index is 2.70. The van der Waals surface area contributed by atoms with Gasteiger partial charge in [0, 0.05) is 18.5 Å². The molecule has 0 aliphatic heterocycles. The van der Waals surface area contributed by atoms with E-state index in [2.05, 4.69) is 5.32 Å². The third-order valence-electron chi connectivity index (χ3n) is 2.99. The van der Waals surface area contributed by atoms with Crippen LogP contribution in [0.25, 0.3) is 0 Å². The number of carbonyl (C=O) groups is 1. The number of carbonyl (C=O) groups excluding carboxylic acids is 1. The van der Waals surface area contributed by atoms with Gasteiger partial charge < -0.3 is 20.3 Å². The average molecular weight is 309 g/mol. The zero-order chi connectivity index (χ0) is 16.9. The number of hydrogen-bond donors (Lipinski definition) is 3. The summed E-state index contributed by atoms with van der Waals surface area (Å²) in [7, 11) is 0. The van der Waals surface area contributed by atoms with Crippen molar-refractivity contribution < 1.29 is 19.7 Å². The first kappa shape index (κ1) is 18.5. The monoisotopic (exact) mass is 309 g/mol. The van der Waals surface area contributed by atoms with E-state index in [4.69, 9.17) is 4.74 Å². The highest BCUT2D eigenvalue weighted by molar-refractivity contribution is 5.73. The third kappa shape index (κ3) is 6.45. The van der Waals surface area contributed by atoms with Crippen molar-refractivity contribution in [2.24, 2.45) is 5.92 Å². The molecule has 0 heterocycles. The molecule has 0 aromatic heterocycles. The van der Waals surface area contributed by atoms with Crippen LogP contribution in [0.5, 0.6) is 11.5 Å². The Labute approximate surface area is 132 Å². The number of aliphatic hydroxyl groups is 1. The van der Waals surface area contributed by atoms with Crippen LogP contribution in [0, 0.1) is 5.92 Å². The van der Waals surface area contributed by atoms with Crippen molar-refractivity contribution in [1.82, 2.24) is 5.32 Å². The van der Waals surface area contributed by atoms with Crippen molar-refractivity contribution in [3.05, 3.63) is 23.8 Å². The molecule has 0 amide bonds. The van der Waals surface area contributed by atoms with Gasteiger partial charge in [-0.05, 0) is 44.4 Å². The molecule has 1 rings (SSSR count). The largest absolute Gasteiger partial charge is 0.504 e. The molecule has 0 aliphatic rings. The van der Waals surface area contributed by atoms with Crippen LogP contribution < -0.4 is 10.1 Å². The van der Waals surface area contributed by atoms with Gasteiger partial charge in [-0.25, -0.2) is 0 Å². The number of β-amino-alcohol motifs (C(OH)–C–C–N with tert-alkyl or cyclic N) is 1. The van der Waals surface area contributed by atoms with Crippen LogP contribution in [0.2, 0.25) is 0 Å². The molecule has 5 heteroatoms. The molecule has 22 heavy (non-hydrogen) atoms. The first-order valence-electron chi connectivity index (χ1n) is 7.55. The number of ether oxygens (including phenoxy) is 1. The summed E-state index contributed by atoms with van der Waals surface area (Å²) in [6.07, 6.45) is -0.454.